The summed E-state index contributed by atoms with van der Waals surface area (Å²) in [5, 5.41) is 9.61. The fourth-order valence-electron chi connectivity index (χ4n) is 3.75. The zero-order valence-corrected chi connectivity index (χ0v) is 22.1. The summed E-state index contributed by atoms with van der Waals surface area (Å²) in [7, 11) is 0.863. The highest BCUT2D eigenvalue weighted by Gasteiger charge is 2.75. The van der Waals surface area contributed by atoms with E-state index >= 15 is 0 Å². The summed E-state index contributed by atoms with van der Waals surface area (Å²) >= 11 is 6.10. The van der Waals surface area contributed by atoms with Gasteiger partial charge in [-0.05, 0) is 30.5 Å². The number of carbonyl (C=O) groups excluding carboxylic acids is 1. The van der Waals surface area contributed by atoms with E-state index in [0.29, 0.717) is 22.2 Å². The van der Waals surface area contributed by atoms with Crippen molar-refractivity contribution in [2.24, 2.45) is 12.8 Å². The van der Waals surface area contributed by atoms with Crippen LogP contribution in [-0.4, -0.2) is 61.9 Å². The Balaban J connectivity index is 1.66. The summed E-state index contributed by atoms with van der Waals surface area (Å²) in [4.78, 5) is 12.6. The summed E-state index contributed by atoms with van der Waals surface area (Å²) in [6.07, 6.45) is -7.59. The lowest BCUT2D eigenvalue weighted by Crippen LogP contribution is -2.59. The van der Waals surface area contributed by atoms with Gasteiger partial charge in [0, 0.05) is 18.8 Å². The maximum Gasteiger partial charge on any atom is 0.425 e. The molecule has 0 unspecified atom stereocenters. The molecule has 43 heavy (non-hydrogen) atoms. The molecule has 0 saturated heterocycles. The molecule has 1 aliphatic carbocycles. The quantitative estimate of drug-likeness (QED) is 0.217. The highest BCUT2D eigenvalue weighted by atomic mass is 35.5. The van der Waals surface area contributed by atoms with Gasteiger partial charge in [-0.15, -0.1) is 5.10 Å². The molecule has 4 rings (SSSR count). The minimum Gasteiger partial charge on any atom is -0.469 e. The van der Waals surface area contributed by atoms with E-state index in [-0.39, 0.29) is 21.7 Å². The van der Waals surface area contributed by atoms with Crippen molar-refractivity contribution in [2.75, 3.05) is 6.61 Å². The maximum atomic E-state index is 14.0. The number of nitrogens with two attached hydrogens (primary N) is 1. The van der Waals surface area contributed by atoms with Gasteiger partial charge in [0.05, 0.1) is 22.4 Å². The Bertz CT molecular complexity index is 1530. The maximum absolute atomic E-state index is 14.0. The summed E-state index contributed by atoms with van der Waals surface area (Å²) < 4.78 is 153. The van der Waals surface area contributed by atoms with E-state index in [1.54, 1.807) is 0 Å². The number of benzene rings is 1. The topological polar surface area (TPSA) is 100.0 Å². The van der Waals surface area contributed by atoms with E-state index in [4.69, 9.17) is 17.3 Å². The number of ether oxygens (including phenoxy) is 1. The highest BCUT2D eigenvalue weighted by Crippen LogP contribution is 2.49. The Labute approximate surface area is 238 Å². The number of alkyl halides is 11. The molecule has 0 spiro atoms. The van der Waals surface area contributed by atoms with E-state index in [0.717, 1.165) is 19.4 Å². The highest BCUT2D eigenvalue weighted by molar-refractivity contribution is 6.34. The van der Waals surface area contributed by atoms with Crippen LogP contribution in [0.15, 0.2) is 30.6 Å². The van der Waals surface area contributed by atoms with Crippen molar-refractivity contribution in [3.8, 4) is 22.8 Å². The molecule has 1 aliphatic rings. The van der Waals surface area contributed by atoms with E-state index in [9.17, 15) is 53.1 Å². The van der Waals surface area contributed by atoms with Gasteiger partial charge in [0.25, 0.3) is 5.91 Å². The fraction of sp³-hybridized carbons (Fsp3) is 0.435. The van der Waals surface area contributed by atoms with Crippen LogP contribution in [0.3, 0.4) is 0 Å². The van der Waals surface area contributed by atoms with Gasteiger partial charge in [-0.1, -0.05) is 17.7 Å². The Morgan fingerprint density at radius 1 is 1.12 bits per heavy atom. The van der Waals surface area contributed by atoms with E-state index < -0.39 is 65.8 Å². The first-order valence-corrected chi connectivity index (χ1v) is 12.1. The van der Waals surface area contributed by atoms with Crippen LogP contribution < -0.4 is 15.8 Å². The van der Waals surface area contributed by atoms with Crippen LogP contribution in [0.1, 0.15) is 28.8 Å². The molecule has 1 amide bonds. The van der Waals surface area contributed by atoms with Crippen LogP contribution >= 0.6 is 11.6 Å². The number of rotatable bonds is 10. The molecule has 0 radical (unpaired) electrons. The van der Waals surface area contributed by atoms with E-state index in [1.807, 2.05) is 0 Å². The molecule has 1 fully saturated rings. The number of hydrogen-bond acceptors (Lipinski definition) is 5. The second kappa shape index (κ2) is 10.5. The van der Waals surface area contributed by atoms with Crippen molar-refractivity contribution in [1.82, 2.24) is 24.9 Å². The summed E-state index contributed by atoms with van der Waals surface area (Å²) in [5.41, 5.74) is 3.37. The second-order valence-electron chi connectivity index (χ2n) is 9.59. The molecule has 0 bridgehead atoms. The lowest BCUT2D eigenvalue weighted by atomic mass is 10.1. The normalized spacial score (nSPS) is 15.6. The molecule has 0 atom stereocenters. The Kier molecular flexibility index (Phi) is 7.91. The number of hydrogen-bond donors (Lipinski definition) is 2. The van der Waals surface area contributed by atoms with E-state index in [2.05, 4.69) is 20.3 Å². The molecule has 236 valence electrons. The van der Waals surface area contributed by atoms with Crippen molar-refractivity contribution in [1.29, 1.82) is 0 Å². The second-order valence-corrected chi connectivity index (χ2v) is 10.0. The molecule has 3 aromatic rings. The van der Waals surface area contributed by atoms with Gasteiger partial charge in [0.15, 0.2) is 18.0 Å². The lowest BCUT2D eigenvalue weighted by Gasteiger charge is -2.31. The number of carbonyl (C=O) groups is 1. The minimum atomic E-state index is -6.71. The Morgan fingerprint density at radius 2 is 1.74 bits per heavy atom. The van der Waals surface area contributed by atoms with Crippen molar-refractivity contribution in [2.45, 2.75) is 48.9 Å². The first-order chi connectivity index (χ1) is 19.6. The first kappa shape index (κ1) is 32.3. The van der Waals surface area contributed by atoms with Gasteiger partial charge in [-0.25, -0.2) is 18.1 Å². The molecule has 8 nitrogen and oxygen atoms in total. The third kappa shape index (κ3) is 5.96. The molecule has 3 N–H and O–H groups in total. The van der Waals surface area contributed by atoms with Gasteiger partial charge in [-0.2, -0.15) is 44.6 Å². The molecule has 1 saturated carbocycles. The van der Waals surface area contributed by atoms with Crippen LogP contribution in [0.5, 0.6) is 5.88 Å². The SMILES string of the molecule is Cn1nc(OCC(F)(F)C(F)(F)C(F)(F)C(F)F)c(C(F)(F)F)c1-n1cc(-c2ccc(Cl)c(C(=O)NC3(N)CC3)c2)cn1. The van der Waals surface area contributed by atoms with Gasteiger partial charge in [0.1, 0.15) is 0 Å². The first-order valence-electron chi connectivity index (χ1n) is 11.8. The van der Waals surface area contributed by atoms with Crippen LogP contribution in [0, 0.1) is 0 Å². The average Bonchev–Trinajstić information content (AvgIpc) is 3.27. The molecule has 2 aromatic heterocycles. The van der Waals surface area contributed by atoms with Crippen molar-refractivity contribution in [3.63, 3.8) is 0 Å². The number of nitrogens with one attached hydrogen (secondary N) is 1. The van der Waals surface area contributed by atoms with Gasteiger partial charge >= 0.3 is 30.4 Å². The van der Waals surface area contributed by atoms with Gasteiger partial charge in [0.2, 0.25) is 5.88 Å². The monoisotopic (exact) mass is 654 g/mol. The largest absolute Gasteiger partial charge is 0.469 e. The fourth-order valence-corrected chi connectivity index (χ4v) is 3.96. The van der Waals surface area contributed by atoms with Crippen LogP contribution in [0.4, 0.5) is 48.3 Å². The molecule has 20 heteroatoms. The van der Waals surface area contributed by atoms with Gasteiger partial charge in [-0.3, -0.25) is 4.79 Å². The van der Waals surface area contributed by atoms with Crippen molar-refractivity contribution in [3.05, 3.63) is 46.7 Å². The number of aromatic nitrogens is 4. The standard InChI is InChI=1S/C23H18ClF11N6O2/c1-40-17(14(22(31,32)33)16(39-40)43-9-20(27,28)23(34,35)21(29,30)18(25)26)41-8-11(7-37-41)10-2-3-13(24)12(6-10)15(42)38-19(36)4-5-19/h2-3,6-8,18H,4-5,9,36H2,1H3,(H,38,42). The third-order valence-corrected chi connectivity index (χ3v) is 6.64. The van der Waals surface area contributed by atoms with Crippen molar-refractivity contribution >= 4 is 17.5 Å². The van der Waals surface area contributed by atoms with Crippen molar-refractivity contribution < 1.29 is 57.8 Å². The van der Waals surface area contributed by atoms with Crippen LogP contribution in [0.2, 0.25) is 5.02 Å². The predicted molar refractivity (Wildman–Crippen MR) is 126 cm³/mol. The molecule has 0 aliphatic heterocycles. The van der Waals surface area contributed by atoms with E-state index in [1.165, 1.54) is 18.2 Å². The summed E-state index contributed by atoms with van der Waals surface area (Å²) in [5.74, 6) is -22.7. The molecular weight excluding hydrogens is 637 g/mol. The van der Waals surface area contributed by atoms with Gasteiger partial charge < -0.3 is 15.8 Å². The summed E-state index contributed by atoms with van der Waals surface area (Å²) in [6.45, 7) is -2.87. The van der Waals surface area contributed by atoms with Crippen LogP contribution in [-0.2, 0) is 13.2 Å². The average molecular weight is 655 g/mol. The predicted octanol–water partition coefficient (Wildman–Crippen LogP) is 5.67. The number of halogens is 12. The number of nitrogens with zero attached hydrogens (tertiary/aromatic N) is 4. The number of aryl methyl sites for hydroxylation is 1. The summed E-state index contributed by atoms with van der Waals surface area (Å²) in [6, 6.07) is 4.02. The smallest absolute Gasteiger partial charge is 0.425 e. The number of amides is 1. The lowest BCUT2D eigenvalue weighted by molar-refractivity contribution is -0.342. The zero-order chi connectivity index (χ0) is 32.3. The van der Waals surface area contributed by atoms with Crippen LogP contribution in [0.25, 0.3) is 16.9 Å². The molecule has 2 heterocycles. The molecule has 1 aromatic carbocycles. The molecular formula is C23H18ClF11N6O2. The Hall–Kier alpha value is -3.61. The Morgan fingerprint density at radius 3 is 2.30 bits per heavy atom. The third-order valence-electron chi connectivity index (χ3n) is 6.31. The minimum absolute atomic E-state index is 0.0222. The zero-order valence-electron chi connectivity index (χ0n) is 21.3.